The lowest BCUT2D eigenvalue weighted by molar-refractivity contribution is 0.122. The van der Waals surface area contributed by atoms with E-state index in [1.54, 1.807) is 12.1 Å². The molecule has 2 aromatic rings. The van der Waals surface area contributed by atoms with Gasteiger partial charge in [0.25, 0.3) is 0 Å². The lowest BCUT2D eigenvalue weighted by Gasteiger charge is -2.27. The van der Waals surface area contributed by atoms with Crippen LogP contribution in [0.1, 0.15) is 11.4 Å². The Bertz CT molecular complexity index is 930. The SMILES string of the molecule is COc1ccc(S(=O)(=O)NCc2cc(C)nc(N3CCOCC3)n2)c(OC)c1. The zero-order valence-electron chi connectivity index (χ0n) is 16.1. The summed E-state index contributed by atoms with van der Waals surface area (Å²) in [6.45, 7) is 4.55. The van der Waals surface area contributed by atoms with Crippen LogP contribution in [0, 0.1) is 6.92 Å². The number of hydrogen-bond acceptors (Lipinski definition) is 8. The Kier molecular flexibility index (Phi) is 6.32. The highest BCUT2D eigenvalue weighted by Crippen LogP contribution is 2.28. The molecular formula is C18H24N4O5S. The van der Waals surface area contributed by atoms with Gasteiger partial charge in [-0.1, -0.05) is 0 Å². The summed E-state index contributed by atoms with van der Waals surface area (Å²) in [5.41, 5.74) is 1.36. The van der Waals surface area contributed by atoms with Gasteiger partial charge in [-0.05, 0) is 25.1 Å². The number of methoxy groups -OCH3 is 2. The van der Waals surface area contributed by atoms with Crippen molar-refractivity contribution in [2.75, 3.05) is 45.4 Å². The van der Waals surface area contributed by atoms with Crippen molar-refractivity contribution in [3.8, 4) is 11.5 Å². The van der Waals surface area contributed by atoms with E-state index in [4.69, 9.17) is 14.2 Å². The van der Waals surface area contributed by atoms with Crippen molar-refractivity contribution in [1.29, 1.82) is 0 Å². The number of sulfonamides is 1. The first-order chi connectivity index (χ1) is 13.4. The monoisotopic (exact) mass is 408 g/mol. The number of benzene rings is 1. The summed E-state index contributed by atoms with van der Waals surface area (Å²) in [6, 6.07) is 6.31. The molecule has 2 heterocycles. The summed E-state index contributed by atoms with van der Waals surface area (Å²) >= 11 is 0. The minimum Gasteiger partial charge on any atom is -0.497 e. The lowest BCUT2D eigenvalue weighted by Crippen LogP contribution is -2.37. The molecule has 28 heavy (non-hydrogen) atoms. The van der Waals surface area contributed by atoms with Gasteiger partial charge >= 0.3 is 0 Å². The molecule has 1 aromatic carbocycles. The van der Waals surface area contributed by atoms with Gasteiger partial charge in [0, 0.05) is 24.8 Å². The Morgan fingerprint density at radius 2 is 1.89 bits per heavy atom. The predicted molar refractivity (Wildman–Crippen MR) is 103 cm³/mol. The van der Waals surface area contributed by atoms with Crippen LogP contribution in [-0.2, 0) is 21.3 Å². The van der Waals surface area contributed by atoms with Crippen molar-refractivity contribution in [2.45, 2.75) is 18.4 Å². The minimum atomic E-state index is -3.80. The largest absolute Gasteiger partial charge is 0.497 e. The van der Waals surface area contributed by atoms with Crippen LogP contribution < -0.4 is 19.1 Å². The summed E-state index contributed by atoms with van der Waals surface area (Å²) in [5.74, 6) is 1.30. The first-order valence-corrected chi connectivity index (χ1v) is 10.3. The molecule has 0 unspecified atom stereocenters. The third-order valence-electron chi connectivity index (χ3n) is 4.29. The van der Waals surface area contributed by atoms with E-state index in [9.17, 15) is 8.42 Å². The molecular weight excluding hydrogens is 384 g/mol. The van der Waals surface area contributed by atoms with Crippen LogP contribution in [0.25, 0.3) is 0 Å². The topological polar surface area (TPSA) is 103 Å². The second-order valence-electron chi connectivity index (χ2n) is 6.24. The number of hydrogen-bond donors (Lipinski definition) is 1. The van der Waals surface area contributed by atoms with Crippen LogP contribution >= 0.6 is 0 Å². The molecule has 1 aliphatic heterocycles. The van der Waals surface area contributed by atoms with Crippen LogP contribution in [0.5, 0.6) is 11.5 Å². The third-order valence-corrected chi connectivity index (χ3v) is 5.73. The third kappa shape index (κ3) is 4.70. The first kappa shape index (κ1) is 20.3. The number of morpholine rings is 1. The van der Waals surface area contributed by atoms with Crippen LogP contribution in [0.3, 0.4) is 0 Å². The predicted octanol–water partition coefficient (Wildman–Crippen LogP) is 1.12. The molecule has 0 radical (unpaired) electrons. The van der Waals surface area contributed by atoms with Crippen LogP contribution in [0.2, 0.25) is 0 Å². The van der Waals surface area contributed by atoms with E-state index in [0.717, 1.165) is 5.69 Å². The van der Waals surface area contributed by atoms with Gasteiger partial charge in [0.15, 0.2) is 0 Å². The van der Waals surface area contributed by atoms with Gasteiger partial charge in [-0.3, -0.25) is 0 Å². The molecule has 0 spiro atoms. The second kappa shape index (κ2) is 8.72. The fourth-order valence-corrected chi connectivity index (χ4v) is 4.00. The number of nitrogens with zero attached hydrogens (tertiary/aromatic N) is 3. The maximum Gasteiger partial charge on any atom is 0.244 e. The van der Waals surface area contributed by atoms with E-state index in [1.165, 1.54) is 26.4 Å². The highest BCUT2D eigenvalue weighted by molar-refractivity contribution is 7.89. The Morgan fingerprint density at radius 3 is 2.57 bits per heavy atom. The van der Waals surface area contributed by atoms with Crippen LogP contribution in [-0.4, -0.2) is 58.9 Å². The summed E-state index contributed by atoms with van der Waals surface area (Å²) in [5, 5.41) is 0. The maximum absolute atomic E-state index is 12.8. The molecule has 0 saturated carbocycles. The minimum absolute atomic E-state index is 0.0370. The quantitative estimate of drug-likeness (QED) is 0.727. The summed E-state index contributed by atoms with van der Waals surface area (Å²) < 4.78 is 43.8. The Balaban J connectivity index is 1.78. The molecule has 1 saturated heterocycles. The van der Waals surface area contributed by atoms with Crippen molar-refractivity contribution in [3.05, 3.63) is 35.7 Å². The zero-order valence-corrected chi connectivity index (χ0v) is 17.0. The average molecular weight is 408 g/mol. The van der Waals surface area contributed by atoms with Gasteiger partial charge in [-0.2, -0.15) is 0 Å². The average Bonchev–Trinajstić information content (AvgIpc) is 2.72. The van der Waals surface area contributed by atoms with Crippen molar-refractivity contribution in [2.24, 2.45) is 0 Å². The zero-order chi connectivity index (χ0) is 20.1. The van der Waals surface area contributed by atoms with Gasteiger partial charge in [-0.25, -0.2) is 23.1 Å². The number of rotatable bonds is 7. The summed E-state index contributed by atoms with van der Waals surface area (Å²) in [6.07, 6.45) is 0. The fraction of sp³-hybridized carbons (Fsp3) is 0.444. The van der Waals surface area contributed by atoms with Crippen molar-refractivity contribution >= 4 is 16.0 Å². The molecule has 1 aliphatic rings. The molecule has 152 valence electrons. The smallest absolute Gasteiger partial charge is 0.244 e. The number of aromatic nitrogens is 2. The van der Waals surface area contributed by atoms with E-state index < -0.39 is 10.0 Å². The normalized spacial score (nSPS) is 14.8. The number of ether oxygens (including phenoxy) is 3. The van der Waals surface area contributed by atoms with Crippen LogP contribution in [0.4, 0.5) is 5.95 Å². The molecule has 0 atom stereocenters. The van der Waals surface area contributed by atoms with Gasteiger partial charge in [-0.15, -0.1) is 0 Å². The lowest BCUT2D eigenvalue weighted by atomic mass is 10.3. The maximum atomic E-state index is 12.8. The van der Waals surface area contributed by atoms with Crippen molar-refractivity contribution in [3.63, 3.8) is 0 Å². The first-order valence-electron chi connectivity index (χ1n) is 8.82. The molecule has 0 amide bonds. The van der Waals surface area contributed by atoms with E-state index in [1.807, 2.05) is 11.8 Å². The van der Waals surface area contributed by atoms with Gasteiger partial charge in [0.2, 0.25) is 16.0 Å². The van der Waals surface area contributed by atoms with Gasteiger partial charge < -0.3 is 19.1 Å². The molecule has 0 bridgehead atoms. The highest BCUT2D eigenvalue weighted by atomic mass is 32.2. The number of anilines is 1. The Labute approximate surface area is 164 Å². The fourth-order valence-electron chi connectivity index (χ4n) is 2.86. The Morgan fingerprint density at radius 1 is 1.14 bits per heavy atom. The highest BCUT2D eigenvalue weighted by Gasteiger charge is 2.21. The van der Waals surface area contributed by atoms with Gasteiger partial charge in [0.1, 0.15) is 16.4 Å². The molecule has 9 nitrogen and oxygen atoms in total. The van der Waals surface area contributed by atoms with E-state index in [-0.39, 0.29) is 17.2 Å². The summed E-state index contributed by atoms with van der Waals surface area (Å²) in [4.78, 5) is 11.0. The number of nitrogens with one attached hydrogen (secondary N) is 1. The molecule has 1 N–H and O–H groups in total. The molecule has 10 heteroatoms. The molecule has 1 fully saturated rings. The van der Waals surface area contributed by atoms with E-state index in [2.05, 4.69) is 14.7 Å². The van der Waals surface area contributed by atoms with E-state index in [0.29, 0.717) is 43.7 Å². The second-order valence-corrected chi connectivity index (χ2v) is 7.98. The van der Waals surface area contributed by atoms with Crippen molar-refractivity contribution < 1.29 is 22.6 Å². The van der Waals surface area contributed by atoms with Crippen LogP contribution in [0.15, 0.2) is 29.2 Å². The molecule has 1 aromatic heterocycles. The standard InChI is InChI=1S/C18H24N4O5S/c1-13-10-14(21-18(20-13)22-6-8-27-9-7-22)12-19-28(23,24)17-5-4-15(25-2)11-16(17)26-3/h4-5,10-11,19H,6-9,12H2,1-3H3. The van der Waals surface area contributed by atoms with Crippen molar-refractivity contribution in [1.82, 2.24) is 14.7 Å². The number of aryl methyl sites for hydroxylation is 1. The molecule has 3 rings (SSSR count). The summed E-state index contributed by atoms with van der Waals surface area (Å²) in [7, 11) is -0.884. The van der Waals surface area contributed by atoms with E-state index >= 15 is 0 Å². The van der Waals surface area contributed by atoms with Gasteiger partial charge in [0.05, 0.1) is 39.7 Å². The molecule has 0 aliphatic carbocycles. The Hall–Kier alpha value is -2.43.